The van der Waals surface area contributed by atoms with Crippen LogP contribution in [0.15, 0.2) is 42.5 Å². The zero-order valence-corrected chi connectivity index (χ0v) is 13.2. The molecule has 2 aromatic rings. The molecule has 23 heavy (non-hydrogen) atoms. The minimum absolute atomic E-state index is 0.0188. The largest absolute Gasteiger partial charge is 0.370 e. The van der Waals surface area contributed by atoms with Crippen LogP contribution in [0.4, 0.5) is 10.1 Å². The Kier molecular flexibility index (Phi) is 4.55. The number of carbonyl (C=O) groups is 1. The summed E-state index contributed by atoms with van der Waals surface area (Å²) in [5, 5.41) is 0. The second-order valence-corrected chi connectivity index (χ2v) is 5.77. The van der Waals surface area contributed by atoms with Crippen LogP contribution in [0.1, 0.15) is 22.6 Å². The van der Waals surface area contributed by atoms with Crippen molar-refractivity contribution >= 4 is 11.6 Å². The molecular formula is C18H20FN3O. The molecule has 5 heteroatoms. The molecule has 1 aromatic carbocycles. The molecule has 1 amide bonds. The van der Waals surface area contributed by atoms with E-state index in [-0.39, 0.29) is 11.7 Å². The smallest absolute Gasteiger partial charge is 0.272 e. The first-order chi connectivity index (χ1) is 11.1. The topological polar surface area (TPSA) is 36.4 Å². The Morgan fingerprint density at radius 1 is 1.04 bits per heavy atom. The highest BCUT2D eigenvalue weighted by Gasteiger charge is 2.21. The van der Waals surface area contributed by atoms with Crippen molar-refractivity contribution in [3.8, 4) is 0 Å². The van der Waals surface area contributed by atoms with E-state index in [4.69, 9.17) is 0 Å². The first-order valence-electron chi connectivity index (χ1n) is 7.87. The zero-order valence-electron chi connectivity index (χ0n) is 13.2. The van der Waals surface area contributed by atoms with Gasteiger partial charge in [-0.05, 0) is 49.7 Å². The van der Waals surface area contributed by atoms with Gasteiger partial charge in [0.05, 0.1) is 0 Å². The molecule has 0 unspecified atom stereocenters. The van der Waals surface area contributed by atoms with Crippen molar-refractivity contribution < 1.29 is 9.18 Å². The maximum atomic E-state index is 13.0. The van der Waals surface area contributed by atoms with Crippen molar-refractivity contribution in [2.45, 2.75) is 13.3 Å². The predicted molar refractivity (Wildman–Crippen MR) is 88.1 cm³/mol. The molecule has 2 heterocycles. The van der Waals surface area contributed by atoms with Gasteiger partial charge in [-0.15, -0.1) is 0 Å². The van der Waals surface area contributed by atoms with Crippen LogP contribution in [-0.4, -0.2) is 42.0 Å². The minimum Gasteiger partial charge on any atom is -0.370 e. The Labute approximate surface area is 135 Å². The fraction of sp³-hybridized carbons (Fsp3) is 0.333. The zero-order chi connectivity index (χ0) is 16.2. The van der Waals surface area contributed by atoms with Crippen LogP contribution in [0, 0.1) is 12.7 Å². The first kappa shape index (κ1) is 15.5. The van der Waals surface area contributed by atoms with E-state index in [0.717, 1.165) is 30.9 Å². The average Bonchev–Trinajstić information content (AvgIpc) is 2.81. The summed E-state index contributed by atoms with van der Waals surface area (Å²) in [5.74, 6) is -0.249. The lowest BCUT2D eigenvalue weighted by atomic mass is 10.2. The maximum absolute atomic E-state index is 13.0. The van der Waals surface area contributed by atoms with E-state index >= 15 is 0 Å². The van der Waals surface area contributed by atoms with E-state index in [1.54, 1.807) is 18.2 Å². The van der Waals surface area contributed by atoms with Crippen molar-refractivity contribution in [2.24, 2.45) is 0 Å². The summed E-state index contributed by atoms with van der Waals surface area (Å²) < 4.78 is 13.0. The fourth-order valence-electron chi connectivity index (χ4n) is 2.85. The lowest BCUT2D eigenvalue weighted by Gasteiger charge is -2.23. The Morgan fingerprint density at radius 2 is 1.83 bits per heavy atom. The number of hydrogen-bond acceptors (Lipinski definition) is 3. The molecular weight excluding hydrogens is 293 g/mol. The van der Waals surface area contributed by atoms with Crippen LogP contribution < -0.4 is 4.90 Å². The van der Waals surface area contributed by atoms with Gasteiger partial charge in [-0.3, -0.25) is 4.79 Å². The number of anilines is 1. The summed E-state index contributed by atoms with van der Waals surface area (Å²) >= 11 is 0. The summed E-state index contributed by atoms with van der Waals surface area (Å²) in [6.45, 7) is 4.84. The van der Waals surface area contributed by atoms with E-state index in [9.17, 15) is 9.18 Å². The van der Waals surface area contributed by atoms with Gasteiger partial charge in [-0.1, -0.05) is 6.07 Å². The molecule has 0 atom stereocenters. The van der Waals surface area contributed by atoms with Crippen molar-refractivity contribution in [3.05, 3.63) is 59.7 Å². The van der Waals surface area contributed by atoms with Gasteiger partial charge in [0.2, 0.25) is 0 Å². The first-order valence-corrected chi connectivity index (χ1v) is 7.87. The highest BCUT2D eigenvalue weighted by atomic mass is 19.1. The van der Waals surface area contributed by atoms with E-state index in [0.29, 0.717) is 18.8 Å². The average molecular weight is 313 g/mol. The third-order valence-corrected chi connectivity index (χ3v) is 4.08. The molecule has 120 valence electrons. The second kappa shape index (κ2) is 6.77. The Hall–Kier alpha value is -2.43. The van der Waals surface area contributed by atoms with Crippen LogP contribution >= 0.6 is 0 Å². The Morgan fingerprint density at radius 3 is 2.57 bits per heavy atom. The normalized spacial score (nSPS) is 15.4. The van der Waals surface area contributed by atoms with Crippen molar-refractivity contribution in [2.75, 3.05) is 31.1 Å². The highest BCUT2D eigenvalue weighted by Crippen LogP contribution is 2.17. The van der Waals surface area contributed by atoms with E-state index in [1.165, 1.54) is 12.1 Å². The number of aromatic nitrogens is 1. The van der Waals surface area contributed by atoms with Crippen LogP contribution in [0.2, 0.25) is 0 Å². The number of hydrogen-bond donors (Lipinski definition) is 0. The summed E-state index contributed by atoms with van der Waals surface area (Å²) in [6, 6.07) is 12.0. The molecule has 0 N–H and O–H groups in total. The molecule has 0 radical (unpaired) electrons. The number of amides is 1. The van der Waals surface area contributed by atoms with Gasteiger partial charge < -0.3 is 9.80 Å². The number of nitrogens with zero attached hydrogens (tertiary/aromatic N) is 3. The molecule has 1 fully saturated rings. The third kappa shape index (κ3) is 3.67. The molecule has 0 aliphatic carbocycles. The van der Waals surface area contributed by atoms with Gasteiger partial charge in [0.15, 0.2) is 0 Å². The molecule has 0 spiro atoms. The minimum atomic E-state index is -0.231. The quantitative estimate of drug-likeness (QED) is 0.855. The summed E-state index contributed by atoms with van der Waals surface area (Å²) in [4.78, 5) is 21.0. The summed E-state index contributed by atoms with van der Waals surface area (Å²) in [6.07, 6.45) is 0.884. The fourth-order valence-corrected chi connectivity index (χ4v) is 2.85. The number of rotatable bonds is 2. The van der Waals surface area contributed by atoms with Gasteiger partial charge in [0.25, 0.3) is 5.91 Å². The van der Waals surface area contributed by atoms with E-state index in [2.05, 4.69) is 9.88 Å². The highest BCUT2D eigenvalue weighted by molar-refractivity contribution is 5.92. The maximum Gasteiger partial charge on any atom is 0.272 e. The summed E-state index contributed by atoms with van der Waals surface area (Å²) in [5.41, 5.74) is 2.34. The second-order valence-electron chi connectivity index (χ2n) is 5.77. The Balaban J connectivity index is 1.68. The van der Waals surface area contributed by atoms with Crippen molar-refractivity contribution in [1.29, 1.82) is 0 Å². The molecule has 4 nitrogen and oxygen atoms in total. The number of aryl methyl sites for hydroxylation is 1. The molecule has 3 rings (SSSR count). The molecule has 1 saturated heterocycles. The van der Waals surface area contributed by atoms with Gasteiger partial charge in [0.1, 0.15) is 11.5 Å². The van der Waals surface area contributed by atoms with Crippen LogP contribution in [0.25, 0.3) is 0 Å². The van der Waals surface area contributed by atoms with Crippen LogP contribution in [0.5, 0.6) is 0 Å². The van der Waals surface area contributed by atoms with E-state index < -0.39 is 0 Å². The van der Waals surface area contributed by atoms with Gasteiger partial charge >= 0.3 is 0 Å². The number of benzene rings is 1. The van der Waals surface area contributed by atoms with Gasteiger partial charge in [-0.25, -0.2) is 9.37 Å². The number of carbonyl (C=O) groups excluding carboxylic acids is 1. The predicted octanol–water partition coefficient (Wildman–Crippen LogP) is 2.88. The van der Waals surface area contributed by atoms with Crippen molar-refractivity contribution in [1.82, 2.24) is 9.88 Å². The number of pyridine rings is 1. The molecule has 0 bridgehead atoms. The van der Waals surface area contributed by atoms with E-state index in [1.807, 2.05) is 24.0 Å². The SMILES string of the molecule is Cc1cccc(C(=O)N2CCCN(c3ccc(F)cc3)CC2)n1. The summed E-state index contributed by atoms with van der Waals surface area (Å²) in [7, 11) is 0. The molecule has 0 saturated carbocycles. The monoisotopic (exact) mass is 313 g/mol. The number of halogens is 1. The molecule has 1 aliphatic heterocycles. The standard InChI is InChI=1S/C18H20FN3O/c1-14-4-2-5-17(20-14)18(23)22-11-3-10-21(12-13-22)16-8-6-15(19)7-9-16/h2,4-9H,3,10-13H2,1H3. The lowest BCUT2D eigenvalue weighted by Crippen LogP contribution is -2.35. The molecule has 1 aromatic heterocycles. The van der Waals surface area contributed by atoms with Gasteiger partial charge in [-0.2, -0.15) is 0 Å². The Bertz CT molecular complexity index is 687. The lowest BCUT2D eigenvalue weighted by molar-refractivity contribution is 0.0761. The van der Waals surface area contributed by atoms with Gasteiger partial charge in [0, 0.05) is 37.6 Å². The van der Waals surface area contributed by atoms with Crippen LogP contribution in [-0.2, 0) is 0 Å². The van der Waals surface area contributed by atoms with Crippen molar-refractivity contribution in [3.63, 3.8) is 0 Å². The van der Waals surface area contributed by atoms with Crippen LogP contribution in [0.3, 0.4) is 0 Å². The molecule has 1 aliphatic rings. The third-order valence-electron chi connectivity index (χ3n) is 4.08.